The van der Waals surface area contributed by atoms with Crippen LogP contribution < -0.4 is 5.32 Å². The van der Waals surface area contributed by atoms with Gasteiger partial charge in [-0.1, -0.05) is 18.2 Å². The van der Waals surface area contributed by atoms with Gasteiger partial charge in [0, 0.05) is 39.1 Å². The van der Waals surface area contributed by atoms with Gasteiger partial charge in [-0.15, -0.1) is 0 Å². The summed E-state index contributed by atoms with van der Waals surface area (Å²) in [4.78, 5) is 0. The van der Waals surface area contributed by atoms with Crippen molar-refractivity contribution in [2.24, 2.45) is 0 Å². The van der Waals surface area contributed by atoms with Gasteiger partial charge < -0.3 is 15.2 Å². The van der Waals surface area contributed by atoms with E-state index in [9.17, 15) is 18.3 Å². The molecule has 1 aliphatic heterocycles. The van der Waals surface area contributed by atoms with Crippen molar-refractivity contribution in [3.8, 4) is 0 Å². The van der Waals surface area contributed by atoms with Crippen LogP contribution in [0.1, 0.15) is 24.0 Å². The lowest BCUT2D eigenvalue weighted by Crippen LogP contribution is -2.44. The molecule has 112 valence electrons. The fraction of sp³-hybridized carbons (Fsp3) is 0.571. The maximum atomic E-state index is 12.6. The number of ether oxygens (including phenoxy) is 1. The molecule has 0 bridgehead atoms. The predicted octanol–water partition coefficient (Wildman–Crippen LogP) is 2.34. The SMILES string of the molecule is OC1(CNCc2cccc(C(F)(F)F)c2)CCOCC1. The third-order valence-electron chi connectivity index (χ3n) is 3.46. The van der Waals surface area contributed by atoms with Gasteiger partial charge >= 0.3 is 6.18 Å². The Hall–Kier alpha value is -1.11. The standard InChI is InChI=1S/C14H18F3NO2/c15-14(16,17)12-3-1-2-11(8-12)9-18-10-13(19)4-6-20-7-5-13/h1-3,8,18-19H,4-7,9-10H2. The minimum Gasteiger partial charge on any atom is -0.388 e. The van der Waals surface area contributed by atoms with Crippen molar-refractivity contribution in [2.75, 3.05) is 19.8 Å². The number of alkyl halides is 3. The second-order valence-electron chi connectivity index (χ2n) is 5.14. The summed E-state index contributed by atoms with van der Waals surface area (Å²) in [7, 11) is 0. The predicted molar refractivity (Wildman–Crippen MR) is 68.2 cm³/mol. The van der Waals surface area contributed by atoms with Crippen molar-refractivity contribution in [1.29, 1.82) is 0 Å². The van der Waals surface area contributed by atoms with Crippen LogP contribution in [-0.4, -0.2) is 30.5 Å². The summed E-state index contributed by atoms with van der Waals surface area (Å²) in [5, 5.41) is 13.2. The van der Waals surface area contributed by atoms with Gasteiger partial charge in [0.1, 0.15) is 0 Å². The second-order valence-corrected chi connectivity index (χ2v) is 5.14. The highest BCUT2D eigenvalue weighted by molar-refractivity contribution is 5.25. The van der Waals surface area contributed by atoms with E-state index in [4.69, 9.17) is 4.74 Å². The molecule has 2 rings (SSSR count). The Morgan fingerprint density at radius 3 is 2.60 bits per heavy atom. The zero-order chi connectivity index (χ0) is 14.6. The molecule has 3 nitrogen and oxygen atoms in total. The Morgan fingerprint density at radius 1 is 1.25 bits per heavy atom. The Bertz CT molecular complexity index is 442. The molecule has 0 aliphatic carbocycles. The molecule has 1 aromatic rings. The van der Waals surface area contributed by atoms with E-state index in [2.05, 4.69) is 5.32 Å². The number of hydrogen-bond donors (Lipinski definition) is 2. The molecule has 1 saturated heterocycles. The van der Waals surface area contributed by atoms with E-state index in [0.29, 0.717) is 44.7 Å². The first-order valence-corrected chi connectivity index (χ1v) is 6.56. The van der Waals surface area contributed by atoms with Gasteiger partial charge in [0.15, 0.2) is 0 Å². The van der Waals surface area contributed by atoms with Crippen LogP contribution in [0.15, 0.2) is 24.3 Å². The Morgan fingerprint density at radius 2 is 1.95 bits per heavy atom. The van der Waals surface area contributed by atoms with Crippen LogP contribution in [0.4, 0.5) is 13.2 Å². The lowest BCUT2D eigenvalue weighted by molar-refractivity contribution is -0.137. The van der Waals surface area contributed by atoms with Crippen molar-refractivity contribution in [1.82, 2.24) is 5.32 Å². The molecular weight excluding hydrogens is 271 g/mol. The summed E-state index contributed by atoms with van der Waals surface area (Å²) < 4.78 is 42.9. The van der Waals surface area contributed by atoms with Gasteiger partial charge in [0.25, 0.3) is 0 Å². The van der Waals surface area contributed by atoms with Gasteiger partial charge in [-0.3, -0.25) is 0 Å². The van der Waals surface area contributed by atoms with E-state index in [1.54, 1.807) is 6.07 Å². The topological polar surface area (TPSA) is 41.5 Å². The highest BCUT2D eigenvalue weighted by atomic mass is 19.4. The first-order valence-electron chi connectivity index (χ1n) is 6.56. The first kappa shape index (κ1) is 15.3. The molecule has 0 aromatic heterocycles. The average molecular weight is 289 g/mol. The van der Waals surface area contributed by atoms with E-state index in [1.807, 2.05) is 0 Å². The third kappa shape index (κ3) is 4.19. The zero-order valence-electron chi connectivity index (χ0n) is 11.0. The van der Waals surface area contributed by atoms with Crippen LogP contribution in [-0.2, 0) is 17.5 Å². The number of halogens is 3. The Balaban J connectivity index is 1.88. The minimum atomic E-state index is -4.32. The fourth-order valence-corrected chi connectivity index (χ4v) is 2.23. The molecule has 1 heterocycles. The lowest BCUT2D eigenvalue weighted by Gasteiger charge is -2.32. The highest BCUT2D eigenvalue weighted by Gasteiger charge is 2.31. The molecule has 0 spiro atoms. The second kappa shape index (κ2) is 6.11. The van der Waals surface area contributed by atoms with E-state index in [1.165, 1.54) is 6.07 Å². The number of aliphatic hydroxyl groups is 1. The molecular formula is C14H18F3NO2. The maximum Gasteiger partial charge on any atom is 0.416 e. The van der Waals surface area contributed by atoms with Crippen LogP contribution >= 0.6 is 0 Å². The number of rotatable bonds is 4. The van der Waals surface area contributed by atoms with Crippen LogP contribution in [0.25, 0.3) is 0 Å². The van der Waals surface area contributed by atoms with E-state index in [-0.39, 0.29) is 0 Å². The lowest BCUT2D eigenvalue weighted by atomic mass is 9.94. The number of hydrogen-bond acceptors (Lipinski definition) is 3. The van der Waals surface area contributed by atoms with Crippen LogP contribution in [0, 0.1) is 0 Å². The molecule has 0 radical (unpaired) electrons. The number of benzene rings is 1. The van der Waals surface area contributed by atoms with Crippen LogP contribution in [0.5, 0.6) is 0 Å². The smallest absolute Gasteiger partial charge is 0.388 e. The van der Waals surface area contributed by atoms with Crippen LogP contribution in [0.3, 0.4) is 0 Å². The van der Waals surface area contributed by atoms with Gasteiger partial charge in [-0.2, -0.15) is 13.2 Å². The average Bonchev–Trinajstić information content (AvgIpc) is 2.39. The molecule has 0 saturated carbocycles. The summed E-state index contributed by atoms with van der Waals surface area (Å²) in [5.74, 6) is 0. The fourth-order valence-electron chi connectivity index (χ4n) is 2.23. The minimum absolute atomic E-state index is 0.299. The summed E-state index contributed by atoms with van der Waals surface area (Å²) in [5.41, 5.74) is -0.919. The molecule has 1 aliphatic rings. The molecule has 1 fully saturated rings. The third-order valence-corrected chi connectivity index (χ3v) is 3.46. The number of nitrogens with one attached hydrogen (secondary N) is 1. The summed E-state index contributed by atoms with van der Waals surface area (Å²) in [6.07, 6.45) is -3.24. The van der Waals surface area contributed by atoms with E-state index in [0.717, 1.165) is 12.1 Å². The Kier molecular flexibility index (Phi) is 4.67. The largest absolute Gasteiger partial charge is 0.416 e. The van der Waals surface area contributed by atoms with Crippen molar-refractivity contribution in [3.63, 3.8) is 0 Å². The Labute approximate surface area is 115 Å². The first-order chi connectivity index (χ1) is 9.39. The summed E-state index contributed by atoms with van der Waals surface area (Å²) in [6, 6.07) is 5.20. The monoisotopic (exact) mass is 289 g/mol. The van der Waals surface area contributed by atoms with Crippen molar-refractivity contribution in [3.05, 3.63) is 35.4 Å². The summed E-state index contributed by atoms with van der Waals surface area (Å²) >= 11 is 0. The maximum absolute atomic E-state index is 12.6. The normalized spacial score (nSPS) is 19.0. The van der Waals surface area contributed by atoms with E-state index >= 15 is 0 Å². The molecule has 0 unspecified atom stereocenters. The molecule has 0 atom stereocenters. The molecule has 2 N–H and O–H groups in total. The molecule has 0 amide bonds. The van der Waals surface area contributed by atoms with Crippen molar-refractivity contribution >= 4 is 0 Å². The van der Waals surface area contributed by atoms with Gasteiger partial charge in [0.2, 0.25) is 0 Å². The van der Waals surface area contributed by atoms with E-state index < -0.39 is 17.3 Å². The molecule has 20 heavy (non-hydrogen) atoms. The van der Waals surface area contributed by atoms with Gasteiger partial charge in [-0.05, 0) is 11.6 Å². The summed E-state index contributed by atoms with van der Waals surface area (Å²) in [6.45, 7) is 1.68. The van der Waals surface area contributed by atoms with Crippen LogP contribution in [0.2, 0.25) is 0 Å². The van der Waals surface area contributed by atoms with Crippen molar-refractivity contribution < 1.29 is 23.0 Å². The van der Waals surface area contributed by atoms with Crippen molar-refractivity contribution in [2.45, 2.75) is 31.2 Å². The quantitative estimate of drug-likeness (QED) is 0.894. The molecule has 1 aromatic carbocycles. The zero-order valence-corrected chi connectivity index (χ0v) is 11.0. The van der Waals surface area contributed by atoms with Gasteiger partial charge in [-0.25, -0.2) is 0 Å². The van der Waals surface area contributed by atoms with Gasteiger partial charge in [0.05, 0.1) is 11.2 Å². The highest BCUT2D eigenvalue weighted by Crippen LogP contribution is 2.29. The molecule has 6 heteroatoms.